The Morgan fingerprint density at radius 3 is 2.50 bits per heavy atom. The van der Waals surface area contributed by atoms with E-state index in [1.54, 1.807) is 0 Å². The van der Waals surface area contributed by atoms with Crippen LogP contribution in [0.4, 0.5) is 0 Å². The molecule has 3 heteroatoms. The monoisotopic (exact) mass is 367 g/mol. The molecule has 3 rings (SSSR count). The first kappa shape index (κ1) is 19.3. The Morgan fingerprint density at radius 1 is 1.27 bits per heavy atom. The van der Waals surface area contributed by atoms with Gasteiger partial charge in [0.2, 0.25) is 5.91 Å². The van der Waals surface area contributed by atoms with E-state index in [2.05, 4.69) is 59.0 Å². The SMILES string of the molecule is CCC1=Cc2cc(C(C)(C)C)cc(C3(C(N)=O)CCCC3=[Si](C)C)c2C1. The highest BCUT2D eigenvalue weighted by atomic mass is 28.2. The second-order valence-electron chi connectivity index (χ2n) is 9.28. The third-order valence-corrected chi connectivity index (χ3v) is 8.23. The molecule has 1 amide bonds. The third-order valence-electron chi connectivity index (χ3n) is 6.35. The van der Waals surface area contributed by atoms with Gasteiger partial charge in [-0.25, -0.2) is 0 Å². The first-order valence-corrected chi connectivity index (χ1v) is 12.4. The van der Waals surface area contributed by atoms with Crippen molar-refractivity contribution in [2.75, 3.05) is 0 Å². The van der Waals surface area contributed by atoms with Crippen LogP contribution in [-0.4, -0.2) is 19.5 Å². The van der Waals surface area contributed by atoms with Crippen LogP contribution in [0.25, 0.3) is 6.08 Å². The van der Waals surface area contributed by atoms with Crippen molar-refractivity contribution in [3.05, 3.63) is 40.0 Å². The molecule has 0 bridgehead atoms. The number of fused-ring (bicyclic) bond motifs is 1. The molecule has 2 N–H and O–H groups in total. The van der Waals surface area contributed by atoms with Crippen molar-refractivity contribution in [3.8, 4) is 0 Å². The predicted octanol–water partition coefficient (Wildman–Crippen LogP) is 4.75. The van der Waals surface area contributed by atoms with Gasteiger partial charge in [-0.05, 0) is 59.8 Å². The highest BCUT2D eigenvalue weighted by molar-refractivity contribution is 6.72. The number of carbonyl (C=O) groups excluding carboxylic acids is 1. The van der Waals surface area contributed by atoms with Gasteiger partial charge >= 0.3 is 0 Å². The maximum Gasteiger partial charge on any atom is 0.231 e. The zero-order valence-corrected chi connectivity index (χ0v) is 18.3. The molecule has 0 radical (unpaired) electrons. The number of rotatable bonds is 3. The van der Waals surface area contributed by atoms with Gasteiger partial charge in [0.15, 0.2) is 0 Å². The number of nitrogens with two attached hydrogens (primary N) is 1. The summed E-state index contributed by atoms with van der Waals surface area (Å²) < 4.78 is 0. The summed E-state index contributed by atoms with van der Waals surface area (Å²) in [6, 6.07) is 4.67. The summed E-state index contributed by atoms with van der Waals surface area (Å²) in [5, 5.41) is 1.44. The predicted molar refractivity (Wildman–Crippen MR) is 114 cm³/mol. The van der Waals surface area contributed by atoms with E-state index in [1.165, 1.54) is 33.0 Å². The lowest BCUT2D eigenvalue weighted by Crippen LogP contribution is -2.47. The first-order valence-electron chi connectivity index (χ1n) is 9.95. The van der Waals surface area contributed by atoms with Gasteiger partial charge in [-0.15, -0.1) is 0 Å². The summed E-state index contributed by atoms with van der Waals surface area (Å²) in [4.78, 5) is 13.0. The molecule has 1 aromatic rings. The molecule has 2 nitrogen and oxygen atoms in total. The average Bonchev–Trinajstić information content (AvgIpc) is 3.17. The van der Waals surface area contributed by atoms with Gasteiger partial charge in [0.25, 0.3) is 0 Å². The summed E-state index contributed by atoms with van der Waals surface area (Å²) in [6.45, 7) is 13.6. The van der Waals surface area contributed by atoms with Gasteiger partial charge in [-0.2, -0.15) is 0 Å². The first-order chi connectivity index (χ1) is 12.1. The Bertz CT molecular complexity index is 821. The van der Waals surface area contributed by atoms with Crippen LogP contribution in [0.1, 0.15) is 75.6 Å². The largest absolute Gasteiger partial charge is 0.369 e. The van der Waals surface area contributed by atoms with Crippen LogP contribution in [0.2, 0.25) is 13.1 Å². The minimum absolute atomic E-state index is 0.0520. The van der Waals surface area contributed by atoms with E-state index >= 15 is 0 Å². The van der Waals surface area contributed by atoms with Crippen molar-refractivity contribution in [3.63, 3.8) is 0 Å². The average molecular weight is 368 g/mol. The van der Waals surface area contributed by atoms with Gasteiger partial charge in [-0.1, -0.05) is 69.7 Å². The second kappa shape index (κ2) is 6.60. The van der Waals surface area contributed by atoms with Crippen molar-refractivity contribution in [1.82, 2.24) is 0 Å². The zero-order valence-electron chi connectivity index (χ0n) is 17.3. The molecule has 2 aliphatic rings. The van der Waals surface area contributed by atoms with Crippen molar-refractivity contribution in [2.24, 2.45) is 5.73 Å². The van der Waals surface area contributed by atoms with Crippen molar-refractivity contribution < 1.29 is 4.79 Å². The molecule has 1 aromatic carbocycles. The molecule has 0 saturated heterocycles. The Labute approximate surface area is 160 Å². The Balaban J connectivity index is 2.33. The van der Waals surface area contributed by atoms with Gasteiger partial charge in [0.1, 0.15) is 0 Å². The maximum absolute atomic E-state index is 13.0. The number of primary amides is 1. The van der Waals surface area contributed by atoms with E-state index in [-0.39, 0.29) is 11.3 Å². The number of amides is 1. The summed E-state index contributed by atoms with van der Waals surface area (Å²) in [5.74, 6) is -0.130. The van der Waals surface area contributed by atoms with E-state index in [4.69, 9.17) is 5.73 Å². The fraction of sp³-hybridized carbons (Fsp3) is 0.565. The Morgan fingerprint density at radius 2 is 1.96 bits per heavy atom. The summed E-state index contributed by atoms with van der Waals surface area (Å²) >= 11 is 0. The molecule has 1 atom stereocenters. The van der Waals surface area contributed by atoms with Crippen molar-refractivity contribution in [1.29, 1.82) is 0 Å². The van der Waals surface area contributed by atoms with Crippen LogP contribution in [0, 0.1) is 0 Å². The molecule has 0 aliphatic heterocycles. The standard InChI is InChI=1S/C23H33NOSi/c1-7-15-11-16-13-17(22(2,3)4)14-19(18(16)12-15)23(21(24)25)10-8-9-20(23)26(5)6/h11,13-14H,7-10,12H2,1-6H3,(H2,24,25). The summed E-state index contributed by atoms with van der Waals surface area (Å²) in [6.07, 6.45) is 7.42. The van der Waals surface area contributed by atoms with Crippen LogP contribution >= 0.6 is 0 Å². The quantitative estimate of drug-likeness (QED) is 0.770. The maximum atomic E-state index is 13.0. The van der Waals surface area contributed by atoms with Crippen LogP contribution in [-0.2, 0) is 22.0 Å². The van der Waals surface area contributed by atoms with Gasteiger partial charge < -0.3 is 5.73 Å². The molecule has 2 aliphatic carbocycles. The minimum Gasteiger partial charge on any atom is -0.369 e. The Hall–Kier alpha value is -1.48. The molecule has 1 saturated carbocycles. The summed E-state index contributed by atoms with van der Waals surface area (Å²) in [7, 11) is -0.694. The smallest absolute Gasteiger partial charge is 0.231 e. The van der Waals surface area contributed by atoms with Gasteiger partial charge in [0, 0.05) is 8.41 Å². The van der Waals surface area contributed by atoms with Crippen LogP contribution in [0.3, 0.4) is 0 Å². The van der Waals surface area contributed by atoms with Crippen LogP contribution < -0.4 is 5.73 Å². The molecule has 1 fully saturated rings. The van der Waals surface area contributed by atoms with Crippen LogP contribution in [0.15, 0.2) is 17.7 Å². The van der Waals surface area contributed by atoms with E-state index in [0.717, 1.165) is 32.1 Å². The van der Waals surface area contributed by atoms with E-state index < -0.39 is 13.8 Å². The van der Waals surface area contributed by atoms with Crippen LogP contribution in [0.5, 0.6) is 0 Å². The van der Waals surface area contributed by atoms with Gasteiger partial charge in [0.05, 0.1) is 5.41 Å². The van der Waals surface area contributed by atoms with Gasteiger partial charge in [-0.3, -0.25) is 4.79 Å². The minimum atomic E-state index is -0.694. The normalized spacial score (nSPS) is 22.4. The second-order valence-corrected chi connectivity index (χ2v) is 11.9. The van der Waals surface area contributed by atoms with Crippen molar-refractivity contribution >= 4 is 25.6 Å². The van der Waals surface area contributed by atoms with E-state index in [0.29, 0.717) is 0 Å². The molecule has 1 unspecified atom stereocenters. The summed E-state index contributed by atoms with van der Waals surface area (Å²) in [5.41, 5.74) is 12.3. The molecule has 140 valence electrons. The van der Waals surface area contributed by atoms with E-state index in [1.807, 2.05) is 0 Å². The molecule has 0 aromatic heterocycles. The number of carbonyl (C=O) groups is 1. The third kappa shape index (κ3) is 2.94. The number of hydrogen-bond donors (Lipinski definition) is 1. The molecular weight excluding hydrogens is 334 g/mol. The fourth-order valence-corrected chi connectivity index (χ4v) is 6.75. The molecular formula is C23H33NOSi. The topological polar surface area (TPSA) is 43.1 Å². The zero-order chi connectivity index (χ0) is 19.3. The van der Waals surface area contributed by atoms with E-state index in [9.17, 15) is 4.79 Å². The fourth-order valence-electron chi connectivity index (χ4n) is 4.83. The molecule has 0 heterocycles. The number of allylic oxidation sites excluding steroid dienone is 1. The number of benzene rings is 1. The number of hydrogen-bond acceptors (Lipinski definition) is 1. The van der Waals surface area contributed by atoms with Crippen molar-refractivity contribution in [2.45, 2.75) is 83.7 Å². The lowest BCUT2D eigenvalue weighted by molar-refractivity contribution is -0.121. The highest BCUT2D eigenvalue weighted by Crippen LogP contribution is 2.45. The lowest BCUT2D eigenvalue weighted by Gasteiger charge is -2.33. The highest BCUT2D eigenvalue weighted by Gasteiger charge is 2.47. The Kier molecular flexibility index (Phi) is 4.89. The molecule has 26 heavy (non-hydrogen) atoms. The molecule has 0 spiro atoms. The lowest BCUT2D eigenvalue weighted by atomic mass is 9.72.